The summed E-state index contributed by atoms with van der Waals surface area (Å²) >= 11 is 0. The maximum absolute atomic E-state index is 14.9. The summed E-state index contributed by atoms with van der Waals surface area (Å²) < 4.78 is 81.1. The van der Waals surface area contributed by atoms with Gasteiger partial charge in [0.2, 0.25) is 15.3 Å². The van der Waals surface area contributed by atoms with Gasteiger partial charge in [0.05, 0.1) is 22.5 Å². The van der Waals surface area contributed by atoms with E-state index in [1.165, 1.54) is 29.3 Å². The molecular formula is C65H92FN9O12S3. The number of amides is 6. The van der Waals surface area contributed by atoms with Gasteiger partial charge in [0.25, 0.3) is 0 Å². The summed E-state index contributed by atoms with van der Waals surface area (Å²) in [5, 5.41) is 55.9. The van der Waals surface area contributed by atoms with Crippen molar-refractivity contribution in [2.75, 3.05) is 16.0 Å². The summed E-state index contributed by atoms with van der Waals surface area (Å²) in [6.45, 7) is 33.7. The van der Waals surface area contributed by atoms with Gasteiger partial charge in [0, 0.05) is 51.8 Å². The highest BCUT2D eigenvalue weighted by molar-refractivity contribution is 7.92. The number of carbonyl (C=O) groups excluding carboxylic acids is 3. The van der Waals surface area contributed by atoms with Gasteiger partial charge in [-0.3, -0.25) is 0 Å². The van der Waals surface area contributed by atoms with E-state index in [4.69, 9.17) is 28.7 Å². The van der Waals surface area contributed by atoms with E-state index in [0.717, 1.165) is 77.6 Å². The molecule has 90 heavy (non-hydrogen) atoms. The maximum atomic E-state index is 14.9. The van der Waals surface area contributed by atoms with Gasteiger partial charge in [-0.15, -0.1) is 13.1 Å². The van der Waals surface area contributed by atoms with E-state index >= 15 is 0 Å². The predicted molar refractivity (Wildman–Crippen MR) is 351 cm³/mol. The lowest BCUT2D eigenvalue weighted by molar-refractivity contribution is 0.0763. The van der Waals surface area contributed by atoms with Gasteiger partial charge in [0.1, 0.15) is 23.1 Å². The number of aliphatic hydroxyl groups is 3. The lowest BCUT2D eigenvalue weighted by Crippen LogP contribution is -2.19. The van der Waals surface area contributed by atoms with Crippen molar-refractivity contribution in [3.8, 4) is 0 Å². The van der Waals surface area contributed by atoms with Crippen molar-refractivity contribution in [1.29, 1.82) is 0 Å². The fourth-order valence-corrected chi connectivity index (χ4v) is 14.1. The minimum absolute atomic E-state index is 0.00333. The molecular weight excluding hydrogens is 1210 g/mol. The number of furan rings is 3. The number of nitrogens with two attached hydrogens (primary N) is 3. The molecule has 21 nitrogen and oxygen atoms in total. The molecule has 6 amide bonds. The van der Waals surface area contributed by atoms with E-state index in [1.807, 2.05) is 74.4 Å². The number of hydrogen-bond donors (Lipinski definition) is 9. The average Bonchev–Trinajstić information content (AvgIpc) is 1.37. The third-order valence-corrected chi connectivity index (χ3v) is 19.3. The largest absolute Gasteiger partial charge is 0.450 e. The molecule has 25 heteroatoms. The molecule has 0 saturated carbocycles. The number of nitrogens with one attached hydrogen (secondary N) is 3. The number of nitrogens with zero attached hydrogens (tertiary/aromatic N) is 3. The Labute approximate surface area is 530 Å². The van der Waals surface area contributed by atoms with Crippen LogP contribution >= 0.6 is 0 Å². The van der Waals surface area contributed by atoms with Crippen molar-refractivity contribution >= 4 is 64.9 Å². The molecule has 6 aromatic rings. The van der Waals surface area contributed by atoms with Crippen molar-refractivity contribution in [1.82, 2.24) is 0 Å². The molecule has 3 heterocycles. The fourth-order valence-electron chi connectivity index (χ4n) is 11.4. The molecule has 8 rings (SSSR count). The molecule has 0 spiro atoms. The van der Waals surface area contributed by atoms with Gasteiger partial charge in [-0.25, -0.2) is 46.8 Å². The van der Waals surface area contributed by atoms with Gasteiger partial charge < -0.3 is 44.5 Å². The Morgan fingerprint density at radius 2 is 0.800 bits per heavy atom. The molecule has 3 unspecified atom stereocenters. The van der Waals surface area contributed by atoms with E-state index in [2.05, 4.69) is 35.1 Å². The third kappa shape index (κ3) is 16.9. The SMILES string of the molecule is Cc1cc(C(C)C)c(NC(=O)N=S(N)(=O)c2cc(C(C)(C)O)c(C)o2)c(C(C)C)c1.Cc1cc(C(C)C)c(NC(=O)N=S(N)(=O)c2cc(C(C)(C)O)c(C)o2)c(C(C)C)c1F.Cc1oc(S(N)(=O)=NC(=O)Nc2c3c(cc4c2CCC4)CCC3)cc1C(C)(C)O. The van der Waals surface area contributed by atoms with Crippen LogP contribution in [-0.4, -0.2) is 46.0 Å². The second-order valence-corrected chi connectivity index (χ2v) is 31.3. The Balaban J connectivity index is 0.000000215. The maximum Gasteiger partial charge on any atom is 0.354 e. The number of halogens is 1. The second-order valence-electron chi connectivity index (χ2n) is 26.1. The molecule has 3 atom stereocenters. The minimum Gasteiger partial charge on any atom is -0.450 e. The molecule has 2 aliphatic carbocycles. The predicted octanol–water partition coefficient (Wildman–Crippen LogP) is 14.5. The lowest BCUT2D eigenvalue weighted by atomic mass is 9.90. The first kappa shape index (κ1) is 72.5. The zero-order valence-electron chi connectivity index (χ0n) is 55.3. The number of fused-ring (bicyclic) bond motifs is 2. The van der Waals surface area contributed by atoms with Gasteiger partial charge in [0.15, 0.2) is 29.7 Å². The van der Waals surface area contributed by atoms with Gasteiger partial charge in [-0.1, -0.05) is 85.2 Å². The number of anilines is 3. The first-order chi connectivity index (χ1) is 41.2. The summed E-state index contributed by atoms with van der Waals surface area (Å²) in [6.07, 6.45) is 6.00. The van der Waals surface area contributed by atoms with Gasteiger partial charge >= 0.3 is 18.1 Å². The molecule has 0 radical (unpaired) electrons. The Morgan fingerprint density at radius 1 is 0.489 bits per heavy atom. The molecule has 0 bridgehead atoms. The summed E-state index contributed by atoms with van der Waals surface area (Å²) in [6, 6.07) is 9.61. The van der Waals surface area contributed by atoms with Crippen LogP contribution in [0, 0.1) is 40.4 Å². The summed E-state index contributed by atoms with van der Waals surface area (Å²) in [7, 11) is -10.9. The van der Waals surface area contributed by atoms with Gasteiger partial charge in [-0.05, 0) is 183 Å². The monoisotopic (exact) mass is 1310 g/mol. The normalized spacial score (nSPS) is 15.2. The Kier molecular flexibility index (Phi) is 22.0. The number of carbonyl (C=O) groups is 3. The first-order valence-electron chi connectivity index (χ1n) is 30.0. The number of benzene rings is 3. The molecule has 12 N–H and O–H groups in total. The Bertz CT molecular complexity index is 4080. The van der Waals surface area contributed by atoms with E-state index in [9.17, 15) is 46.7 Å². The minimum atomic E-state index is -3.73. The van der Waals surface area contributed by atoms with E-state index in [1.54, 1.807) is 75.3 Å². The van der Waals surface area contributed by atoms with Crippen molar-refractivity contribution in [3.05, 3.63) is 138 Å². The van der Waals surface area contributed by atoms with Crippen molar-refractivity contribution < 1.29 is 60.0 Å². The molecule has 0 saturated heterocycles. The van der Waals surface area contributed by atoms with Crippen LogP contribution in [0.4, 0.5) is 35.8 Å². The van der Waals surface area contributed by atoms with Crippen molar-refractivity contribution in [3.63, 3.8) is 0 Å². The molecule has 0 aliphatic heterocycles. The lowest BCUT2D eigenvalue weighted by Gasteiger charge is -2.21. The number of hydrogen-bond acceptors (Lipinski definition) is 12. The summed E-state index contributed by atoms with van der Waals surface area (Å²) in [4.78, 5) is 38.0. The fraction of sp³-hybridized carbons (Fsp3) is 0.492. The molecule has 2 aliphatic rings. The van der Waals surface area contributed by atoms with Crippen LogP contribution in [0.5, 0.6) is 0 Å². The smallest absolute Gasteiger partial charge is 0.354 e. The first-order valence-corrected chi connectivity index (χ1v) is 34.7. The topological polar surface area (TPSA) is 354 Å². The molecule has 3 aromatic heterocycles. The van der Waals surface area contributed by atoms with Crippen LogP contribution < -0.4 is 31.4 Å². The van der Waals surface area contributed by atoms with E-state index in [0.29, 0.717) is 56.5 Å². The highest BCUT2D eigenvalue weighted by Gasteiger charge is 2.32. The second kappa shape index (κ2) is 27.3. The Morgan fingerprint density at radius 3 is 1.10 bits per heavy atom. The number of rotatable bonds is 13. The zero-order chi connectivity index (χ0) is 67.9. The molecule has 0 fully saturated rings. The van der Waals surface area contributed by atoms with Crippen LogP contribution in [0.2, 0.25) is 0 Å². The highest BCUT2D eigenvalue weighted by atomic mass is 32.2. The molecule has 494 valence electrons. The standard InChI is InChI=1S/C22H32FN3O4S.C22H33N3O4S.C21H27N3O4S/c1-11(2)15-9-13(5)19(23)18(12(3)4)20(15)25-21(27)26-31(24,29)17-10-16(14(6)30-17)22(7,8)28;1-12(2)16-9-14(5)10-17(13(3)4)20(16)24-21(26)25-30(23,28)19-11-18(15(6)29-19)22(7,8)27;1-12-17(21(2,3)26)11-18(28-12)29(22,27)24-20(25)23-19-15-8-4-6-13(15)10-14-7-5-9-16(14)19/h9-12,28H,1-8H3,(H3,24,25,26,27,29);9-13,27H,1-8H3,(H3,23,24,25,26,28);10-11,26H,4-9H2,1-3H3,(H3,22,23,24,25,27). The van der Waals surface area contributed by atoms with Gasteiger partial charge in [-0.2, -0.15) is 0 Å². The van der Waals surface area contributed by atoms with Crippen LogP contribution in [0.1, 0.15) is 223 Å². The highest BCUT2D eigenvalue weighted by Crippen LogP contribution is 2.41. The van der Waals surface area contributed by atoms with Crippen LogP contribution in [-0.2, 0) is 72.2 Å². The van der Waals surface area contributed by atoms with Crippen LogP contribution in [0.25, 0.3) is 0 Å². The quantitative estimate of drug-likeness (QED) is 0.0521. The molecule has 3 aromatic carbocycles. The summed E-state index contributed by atoms with van der Waals surface area (Å²) in [5.41, 5.74) is 8.98. The zero-order valence-corrected chi connectivity index (χ0v) is 57.7. The van der Waals surface area contributed by atoms with Crippen LogP contribution in [0.3, 0.4) is 0 Å². The summed E-state index contributed by atoms with van der Waals surface area (Å²) in [5.74, 6) is 0.798. The average molecular weight is 1310 g/mol. The van der Waals surface area contributed by atoms with Crippen molar-refractivity contribution in [2.45, 2.75) is 226 Å². The van der Waals surface area contributed by atoms with Crippen LogP contribution in [0.15, 0.2) is 84.1 Å². The third-order valence-electron chi connectivity index (χ3n) is 15.7. The van der Waals surface area contributed by atoms with Crippen molar-refractivity contribution in [2.24, 2.45) is 28.5 Å². The Hall–Kier alpha value is -6.55. The van der Waals surface area contributed by atoms with E-state index < -0.39 is 70.5 Å². The number of aryl methyl sites for hydroxylation is 7. The number of urea groups is 3. The van der Waals surface area contributed by atoms with E-state index in [-0.39, 0.29) is 38.9 Å².